The number of H-pyrrole nitrogens is 1. The van der Waals surface area contributed by atoms with Gasteiger partial charge in [0.25, 0.3) is 5.56 Å². The van der Waals surface area contributed by atoms with Crippen molar-refractivity contribution in [1.29, 1.82) is 0 Å². The minimum Gasteiger partial charge on any atom is -0.394 e. The van der Waals surface area contributed by atoms with Gasteiger partial charge in [0.15, 0.2) is 17.4 Å². The van der Waals surface area contributed by atoms with Crippen molar-refractivity contribution < 1.29 is 20.1 Å². The minimum absolute atomic E-state index is 0.0524. The quantitative estimate of drug-likeness (QED) is 0.368. The Bertz CT molecular complexity index is 815. The van der Waals surface area contributed by atoms with Gasteiger partial charge in [-0.1, -0.05) is 0 Å². The van der Waals surface area contributed by atoms with Gasteiger partial charge >= 0.3 is 0 Å². The largest absolute Gasteiger partial charge is 0.394 e. The summed E-state index contributed by atoms with van der Waals surface area (Å²) in [7, 11) is 3.53. The minimum atomic E-state index is -1.30. The third-order valence-electron chi connectivity index (χ3n) is 3.62. The summed E-state index contributed by atoms with van der Waals surface area (Å²) >= 11 is 0. The molecule has 4 N–H and O–H groups in total. The number of hydrogen-bond donors (Lipinski definition) is 4. The topological polar surface area (TPSA) is 149 Å². The molecule has 11 heteroatoms. The second-order valence-corrected chi connectivity index (χ2v) is 5.65. The van der Waals surface area contributed by atoms with Crippen LogP contribution in [0.3, 0.4) is 0 Å². The molecular weight excluding hydrogens is 320 g/mol. The Hall–Kier alpha value is -2.34. The molecule has 1 fully saturated rings. The van der Waals surface area contributed by atoms with Gasteiger partial charge in [-0.25, -0.2) is 9.98 Å². The number of nitrogens with one attached hydrogen (secondary N) is 1. The maximum Gasteiger partial charge on any atom is 0.280 e. The third kappa shape index (κ3) is 2.78. The van der Waals surface area contributed by atoms with Crippen molar-refractivity contribution in [3.8, 4) is 0 Å². The van der Waals surface area contributed by atoms with Gasteiger partial charge in [-0.15, -0.1) is 0 Å². The lowest BCUT2D eigenvalue weighted by molar-refractivity contribution is -0.0511. The highest BCUT2D eigenvalue weighted by Crippen LogP contribution is 2.30. The summed E-state index contributed by atoms with van der Waals surface area (Å²) in [6.07, 6.45) is -1.76. The Labute approximate surface area is 135 Å². The lowest BCUT2D eigenvalue weighted by Crippen LogP contribution is -2.33. The fourth-order valence-electron chi connectivity index (χ4n) is 2.44. The molecule has 0 radical (unpaired) electrons. The second-order valence-electron chi connectivity index (χ2n) is 5.65. The van der Waals surface area contributed by atoms with Crippen LogP contribution in [0.4, 0.5) is 5.95 Å². The molecule has 0 amide bonds. The van der Waals surface area contributed by atoms with Crippen LogP contribution in [0.25, 0.3) is 11.2 Å². The molecule has 0 spiro atoms. The average molecular weight is 338 g/mol. The summed E-state index contributed by atoms with van der Waals surface area (Å²) in [5, 5.41) is 29.2. The summed E-state index contributed by atoms with van der Waals surface area (Å²) in [4.78, 5) is 28.5. The van der Waals surface area contributed by atoms with Crippen molar-refractivity contribution in [3.05, 3.63) is 16.7 Å². The molecule has 1 aliphatic rings. The van der Waals surface area contributed by atoms with Crippen LogP contribution >= 0.6 is 0 Å². The van der Waals surface area contributed by atoms with Gasteiger partial charge in [0.1, 0.15) is 18.3 Å². The maximum atomic E-state index is 12.1. The number of rotatable bonds is 4. The van der Waals surface area contributed by atoms with Gasteiger partial charge in [-0.2, -0.15) is 4.98 Å². The van der Waals surface area contributed by atoms with E-state index >= 15 is 0 Å². The highest BCUT2D eigenvalue weighted by atomic mass is 16.6. The van der Waals surface area contributed by atoms with Crippen molar-refractivity contribution in [2.24, 2.45) is 4.99 Å². The number of hydrogen-bond acceptors (Lipinski definition) is 8. The smallest absolute Gasteiger partial charge is 0.280 e. The van der Waals surface area contributed by atoms with Gasteiger partial charge in [-0.05, 0) is 0 Å². The normalized spacial score (nSPS) is 27.4. The number of aliphatic hydroxyl groups excluding tert-OH is 3. The molecule has 24 heavy (non-hydrogen) atoms. The Morgan fingerprint density at radius 3 is 2.83 bits per heavy atom. The lowest BCUT2D eigenvalue weighted by atomic mass is 10.1. The zero-order valence-corrected chi connectivity index (χ0v) is 13.1. The number of aliphatic hydroxyl groups is 3. The predicted molar refractivity (Wildman–Crippen MR) is 83.0 cm³/mol. The molecule has 130 valence electrons. The van der Waals surface area contributed by atoms with E-state index in [9.17, 15) is 20.1 Å². The molecule has 0 aromatic carbocycles. The number of aliphatic imine (C=N–C) groups is 1. The SMILES string of the molecule is CN(C)C=Nc1nc2c(ncn2[C@@H]2O[C@H](CO)C(O)[C@@H]2O)c(=O)[nH]1. The van der Waals surface area contributed by atoms with Crippen molar-refractivity contribution in [1.82, 2.24) is 24.4 Å². The zero-order valence-electron chi connectivity index (χ0n) is 13.1. The summed E-state index contributed by atoms with van der Waals surface area (Å²) in [5.74, 6) is 0.0645. The van der Waals surface area contributed by atoms with Gasteiger partial charge < -0.3 is 25.0 Å². The molecule has 1 saturated heterocycles. The third-order valence-corrected chi connectivity index (χ3v) is 3.62. The van der Waals surface area contributed by atoms with E-state index in [-0.39, 0.29) is 17.1 Å². The molecule has 2 aromatic heterocycles. The van der Waals surface area contributed by atoms with Crippen molar-refractivity contribution in [2.75, 3.05) is 20.7 Å². The van der Waals surface area contributed by atoms with Gasteiger partial charge in [0.05, 0.1) is 19.3 Å². The fourth-order valence-corrected chi connectivity index (χ4v) is 2.44. The van der Waals surface area contributed by atoms with E-state index in [0.29, 0.717) is 0 Å². The summed E-state index contributed by atoms with van der Waals surface area (Å²) in [5.41, 5.74) is -0.285. The van der Waals surface area contributed by atoms with Crippen LogP contribution in [0.5, 0.6) is 0 Å². The van der Waals surface area contributed by atoms with Crippen LogP contribution in [0.1, 0.15) is 6.23 Å². The van der Waals surface area contributed by atoms with Crippen LogP contribution in [-0.2, 0) is 4.74 Å². The number of imidazole rings is 1. The van der Waals surface area contributed by atoms with Crippen LogP contribution in [0, 0.1) is 0 Å². The summed E-state index contributed by atoms with van der Waals surface area (Å²) < 4.78 is 6.78. The fraction of sp³-hybridized carbons (Fsp3) is 0.538. The second kappa shape index (κ2) is 6.28. The van der Waals surface area contributed by atoms with E-state index in [1.165, 1.54) is 17.2 Å². The first-order valence-electron chi connectivity index (χ1n) is 7.22. The molecule has 11 nitrogen and oxygen atoms in total. The molecule has 1 unspecified atom stereocenters. The average Bonchev–Trinajstić information content (AvgIpc) is 3.08. The van der Waals surface area contributed by atoms with Crippen LogP contribution in [0.15, 0.2) is 16.1 Å². The predicted octanol–water partition coefficient (Wildman–Crippen LogP) is -2.05. The Morgan fingerprint density at radius 2 is 2.21 bits per heavy atom. The summed E-state index contributed by atoms with van der Waals surface area (Å²) in [6, 6.07) is 0. The Morgan fingerprint density at radius 1 is 1.46 bits per heavy atom. The Balaban J connectivity index is 2.05. The number of ether oxygens (including phenoxy) is 1. The van der Waals surface area contributed by atoms with E-state index in [0.717, 1.165) is 0 Å². The first-order chi connectivity index (χ1) is 11.4. The molecule has 2 aromatic rings. The number of nitrogens with zero attached hydrogens (tertiary/aromatic N) is 5. The lowest BCUT2D eigenvalue weighted by Gasteiger charge is -2.16. The van der Waals surface area contributed by atoms with Gasteiger partial charge in [0.2, 0.25) is 5.95 Å². The zero-order chi connectivity index (χ0) is 17.4. The number of fused-ring (bicyclic) bond motifs is 1. The van der Waals surface area contributed by atoms with E-state index < -0.39 is 36.7 Å². The van der Waals surface area contributed by atoms with Crippen molar-refractivity contribution in [3.63, 3.8) is 0 Å². The highest BCUT2D eigenvalue weighted by Gasteiger charge is 2.44. The molecule has 1 aliphatic heterocycles. The first kappa shape index (κ1) is 16.5. The maximum absolute atomic E-state index is 12.1. The van der Waals surface area contributed by atoms with Crippen LogP contribution < -0.4 is 5.56 Å². The monoisotopic (exact) mass is 338 g/mol. The molecule has 0 aliphatic carbocycles. The van der Waals surface area contributed by atoms with Gasteiger partial charge in [-0.3, -0.25) is 14.3 Å². The molecular formula is C13H18N6O5. The van der Waals surface area contributed by atoms with Crippen LogP contribution in [0.2, 0.25) is 0 Å². The van der Waals surface area contributed by atoms with E-state index in [2.05, 4.69) is 19.9 Å². The van der Waals surface area contributed by atoms with Crippen molar-refractivity contribution >= 4 is 23.5 Å². The standard InChI is InChI=1S/C13H18N6O5/c1-18(2)4-15-13-16-10-7(11(23)17-13)14-5-19(10)12-9(22)8(21)6(3-20)24-12/h4-6,8-9,12,20-22H,3H2,1-2H3,(H,16,17,23)/t6-,8?,9+,12-/m1/s1. The summed E-state index contributed by atoms with van der Waals surface area (Å²) in [6.45, 7) is -0.451. The van der Waals surface area contributed by atoms with E-state index in [1.807, 2.05) is 0 Å². The van der Waals surface area contributed by atoms with E-state index in [1.54, 1.807) is 19.0 Å². The number of aromatic amines is 1. The molecule has 3 heterocycles. The van der Waals surface area contributed by atoms with Crippen molar-refractivity contribution in [2.45, 2.75) is 24.5 Å². The Kier molecular flexibility index (Phi) is 4.32. The molecule has 0 saturated carbocycles. The molecule has 3 rings (SSSR count). The van der Waals surface area contributed by atoms with E-state index in [4.69, 9.17) is 4.74 Å². The molecule has 4 atom stereocenters. The van der Waals surface area contributed by atoms with Gasteiger partial charge in [0, 0.05) is 14.1 Å². The van der Waals surface area contributed by atoms with Crippen LogP contribution in [-0.4, -0.2) is 85.1 Å². The first-order valence-corrected chi connectivity index (χ1v) is 7.22. The number of aromatic nitrogens is 4. The highest BCUT2D eigenvalue weighted by molar-refractivity contribution is 5.71. The molecule has 0 bridgehead atoms.